The number of oxime groups is 1. The summed E-state index contributed by atoms with van der Waals surface area (Å²) in [6.45, 7) is 1.54. The zero-order valence-corrected chi connectivity index (χ0v) is 13.9. The van der Waals surface area contributed by atoms with E-state index in [2.05, 4.69) is 15.5 Å². The van der Waals surface area contributed by atoms with Crippen LogP contribution in [0.3, 0.4) is 0 Å². The number of benzene rings is 1. The molecule has 1 aliphatic heterocycles. The molecule has 1 atom stereocenters. The van der Waals surface area contributed by atoms with Crippen LogP contribution in [-0.4, -0.2) is 39.9 Å². The molecule has 0 radical (unpaired) electrons. The number of anilines is 1. The minimum atomic E-state index is -1.38. The fraction of sp³-hybridized carbons (Fsp3) is 0.214. The van der Waals surface area contributed by atoms with E-state index in [4.69, 9.17) is 15.6 Å². The molecule has 0 unspecified atom stereocenters. The predicted molar refractivity (Wildman–Crippen MR) is 90.2 cm³/mol. The summed E-state index contributed by atoms with van der Waals surface area (Å²) in [6.07, 6.45) is 0.223. The molecule has 1 aliphatic rings. The number of carbonyl (C=O) groups excluding carboxylic acids is 1. The molecule has 1 aromatic carbocycles. The summed E-state index contributed by atoms with van der Waals surface area (Å²) >= 11 is 1.09. The highest BCUT2D eigenvalue weighted by Gasteiger charge is 2.38. The number of fused-ring (bicyclic) bond motifs is 1. The minimum Gasteiger partial charge on any atom is -0.534 e. The van der Waals surface area contributed by atoms with Crippen LogP contribution in [0, 0.1) is 12.7 Å². The van der Waals surface area contributed by atoms with Crippen LogP contribution in [0.1, 0.15) is 16.8 Å². The van der Waals surface area contributed by atoms with E-state index in [-0.39, 0.29) is 34.3 Å². The molecule has 1 amide bonds. The summed E-state index contributed by atoms with van der Waals surface area (Å²) in [4.78, 5) is 16.2. The van der Waals surface area contributed by atoms with Crippen LogP contribution < -0.4 is 15.7 Å². The van der Waals surface area contributed by atoms with Gasteiger partial charge in [0.15, 0.2) is 10.8 Å². The van der Waals surface area contributed by atoms with Gasteiger partial charge in [0.1, 0.15) is 17.3 Å². The van der Waals surface area contributed by atoms with Crippen LogP contribution in [0.2, 0.25) is 0 Å². The van der Waals surface area contributed by atoms with Gasteiger partial charge in [-0.3, -0.25) is 4.79 Å². The Kier molecular flexibility index (Phi) is 4.60. The summed E-state index contributed by atoms with van der Waals surface area (Å²) in [5.74, 6) is -1.73. The summed E-state index contributed by atoms with van der Waals surface area (Å²) in [5, 5.41) is 26.4. The Hall–Kier alpha value is -2.66. The Bertz CT molecular complexity index is 859. The molecule has 0 aliphatic carbocycles. The molecule has 130 valence electrons. The lowest BCUT2D eigenvalue weighted by molar-refractivity contribution is -0.115. The van der Waals surface area contributed by atoms with Crippen LogP contribution >= 0.6 is 11.3 Å². The molecular weight excluding hydrogens is 350 g/mol. The monoisotopic (exact) mass is 364 g/mol. The zero-order chi connectivity index (χ0) is 18.1. The maximum absolute atomic E-state index is 13.6. The molecule has 0 saturated heterocycles. The van der Waals surface area contributed by atoms with Crippen molar-refractivity contribution in [3.8, 4) is 5.75 Å². The van der Waals surface area contributed by atoms with Gasteiger partial charge in [0.25, 0.3) is 5.91 Å². The van der Waals surface area contributed by atoms with Crippen molar-refractivity contribution in [2.75, 3.05) is 5.73 Å². The standard InChI is InChI=1S/C14H14BFN4O4S/c1-6-8(16)3-2-7-4-10(15(22)24-12(6)7)19-13(21)11(20-23)9-5-25-14(17)18-9/h2-3,5,10,22-23H,4H2,1H3,(H2,17,18)(H,19,21)/b20-11-/t10-/m0/s1. The number of nitrogens with zero attached hydrogens (tertiary/aromatic N) is 2. The zero-order valence-electron chi connectivity index (χ0n) is 13.1. The first-order chi connectivity index (χ1) is 11.9. The maximum atomic E-state index is 13.6. The average Bonchev–Trinajstić information content (AvgIpc) is 2.99. The maximum Gasteiger partial charge on any atom is 0.547 e. The Balaban J connectivity index is 1.78. The normalized spacial score (nSPS) is 17.0. The molecule has 25 heavy (non-hydrogen) atoms. The third kappa shape index (κ3) is 3.28. The van der Waals surface area contributed by atoms with Crippen LogP contribution in [0.15, 0.2) is 22.7 Å². The van der Waals surface area contributed by atoms with E-state index in [1.807, 2.05) is 0 Å². The first-order valence-corrected chi connectivity index (χ1v) is 8.15. The van der Waals surface area contributed by atoms with Gasteiger partial charge in [-0.05, 0) is 25.0 Å². The number of nitrogens with two attached hydrogens (primary N) is 1. The lowest BCUT2D eigenvalue weighted by Crippen LogP contribution is -2.54. The molecule has 8 nitrogen and oxygen atoms in total. The van der Waals surface area contributed by atoms with Crippen LogP contribution in [0.5, 0.6) is 5.75 Å². The molecule has 3 rings (SSSR count). The number of hydrogen-bond donors (Lipinski definition) is 4. The number of aromatic nitrogens is 1. The van der Waals surface area contributed by atoms with E-state index < -0.39 is 24.8 Å². The highest BCUT2D eigenvalue weighted by atomic mass is 32.1. The number of amides is 1. The van der Waals surface area contributed by atoms with Crippen molar-refractivity contribution < 1.29 is 24.1 Å². The topological polar surface area (TPSA) is 130 Å². The first-order valence-electron chi connectivity index (χ1n) is 7.27. The lowest BCUT2D eigenvalue weighted by atomic mass is 9.72. The lowest BCUT2D eigenvalue weighted by Gasteiger charge is -2.29. The van der Waals surface area contributed by atoms with Crippen molar-refractivity contribution in [2.24, 2.45) is 5.16 Å². The Morgan fingerprint density at radius 3 is 3.00 bits per heavy atom. The molecule has 2 heterocycles. The smallest absolute Gasteiger partial charge is 0.534 e. The number of nitrogen functional groups attached to an aromatic ring is 1. The van der Waals surface area contributed by atoms with E-state index in [0.29, 0.717) is 5.56 Å². The first kappa shape index (κ1) is 17.2. The van der Waals surface area contributed by atoms with E-state index in [0.717, 1.165) is 11.3 Å². The van der Waals surface area contributed by atoms with Crippen LogP contribution in [-0.2, 0) is 11.2 Å². The Morgan fingerprint density at radius 1 is 1.60 bits per heavy atom. The number of halogens is 1. The van der Waals surface area contributed by atoms with Gasteiger partial charge in [-0.25, -0.2) is 9.37 Å². The summed E-state index contributed by atoms with van der Waals surface area (Å²) in [7, 11) is -1.38. The van der Waals surface area contributed by atoms with Crippen LogP contribution in [0.4, 0.5) is 9.52 Å². The third-order valence-corrected chi connectivity index (χ3v) is 4.51. The van der Waals surface area contributed by atoms with E-state index in [1.165, 1.54) is 17.5 Å². The number of nitrogens with one attached hydrogen (secondary N) is 1. The van der Waals surface area contributed by atoms with Gasteiger partial charge in [0.2, 0.25) is 0 Å². The van der Waals surface area contributed by atoms with Crippen LogP contribution in [0.25, 0.3) is 0 Å². The highest BCUT2D eigenvalue weighted by molar-refractivity contribution is 7.13. The van der Waals surface area contributed by atoms with Crippen molar-refractivity contribution in [1.29, 1.82) is 0 Å². The van der Waals surface area contributed by atoms with Gasteiger partial charge >= 0.3 is 7.12 Å². The molecule has 0 bridgehead atoms. The van der Waals surface area contributed by atoms with E-state index in [9.17, 15) is 14.2 Å². The second-order valence-corrected chi connectivity index (χ2v) is 6.36. The molecular formula is C14H14BFN4O4S. The van der Waals surface area contributed by atoms with Crippen molar-refractivity contribution in [1.82, 2.24) is 10.3 Å². The largest absolute Gasteiger partial charge is 0.547 e. The van der Waals surface area contributed by atoms with Crippen molar-refractivity contribution >= 4 is 35.2 Å². The van der Waals surface area contributed by atoms with Crippen molar-refractivity contribution in [3.63, 3.8) is 0 Å². The quantitative estimate of drug-likeness (QED) is 0.271. The number of rotatable bonds is 3. The minimum absolute atomic E-state index is 0.118. The Morgan fingerprint density at radius 2 is 2.36 bits per heavy atom. The Labute approximate surface area is 146 Å². The molecule has 0 fully saturated rings. The average molecular weight is 364 g/mol. The molecule has 1 aromatic heterocycles. The third-order valence-electron chi connectivity index (χ3n) is 3.84. The van der Waals surface area contributed by atoms with Gasteiger partial charge in [0.05, 0.1) is 5.94 Å². The number of carbonyl (C=O) groups is 1. The van der Waals surface area contributed by atoms with Gasteiger partial charge in [-0.1, -0.05) is 11.2 Å². The summed E-state index contributed by atoms with van der Waals surface area (Å²) in [6, 6.07) is 2.83. The highest BCUT2D eigenvalue weighted by Crippen LogP contribution is 2.31. The van der Waals surface area contributed by atoms with Gasteiger partial charge in [-0.2, -0.15) is 0 Å². The molecule has 0 spiro atoms. The van der Waals surface area contributed by atoms with E-state index in [1.54, 1.807) is 6.92 Å². The van der Waals surface area contributed by atoms with Crippen molar-refractivity contribution in [3.05, 3.63) is 40.2 Å². The fourth-order valence-corrected chi connectivity index (χ4v) is 3.11. The summed E-state index contributed by atoms with van der Waals surface area (Å²) in [5.41, 5.74) is 6.23. The number of thiazole rings is 1. The fourth-order valence-electron chi connectivity index (χ4n) is 2.56. The van der Waals surface area contributed by atoms with E-state index >= 15 is 0 Å². The second kappa shape index (κ2) is 6.69. The molecule has 5 N–H and O–H groups in total. The summed E-state index contributed by atoms with van der Waals surface area (Å²) < 4.78 is 18.9. The number of hydrogen-bond acceptors (Lipinski definition) is 8. The second-order valence-electron chi connectivity index (χ2n) is 5.47. The van der Waals surface area contributed by atoms with Gasteiger partial charge in [-0.15, -0.1) is 11.3 Å². The molecule has 0 saturated carbocycles. The van der Waals surface area contributed by atoms with Crippen molar-refractivity contribution in [2.45, 2.75) is 19.3 Å². The van der Waals surface area contributed by atoms with Gasteiger partial charge in [0, 0.05) is 10.9 Å². The molecule has 11 heteroatoms. The van der Waals surface area contributed by atoms with Gasteiger partial charge < -0.3 is 25.9 Å². The molecule has 2 aromatic rings. The predicted octanol–water partition coefficient (Wildman–Crippen LogP) is 0.491. The SMILES string of the molecule is Cc1c(F)ccc2c1OB(O)[C@@H](NC(=O)/C(=N\O)c1csc(N)n1)C2.